The minimum atomic E-state index is -4.71. The molecule has 2 nitrogen and oxygen atoms in total. The summed E-state index contributed by atoms with van der Waals surface area (Å²) in [5.41, 5.74) is -1.67. The van der Waals surface area contributed by atoms with Crippen LogP contribution in [0.5, 0.6) is 0 Å². The van der Waals surface area contributed by atoms with Gasteiger partial charge in [0, 0.05) is 11.6 Å². The lowest BCUT2D eigenvalue weighted by atomic mass is 10.1. The molecule has 0 spiro atoms. The molecule has 0 aliphatic heterocycles. The van der Waals surface area contributed by atoms with E-state index in [-0.39, 0.29) is 0 Å². The lowest BCUT2D eigenvalue weighted by Gasteiger charge is -2.18. The summed E-state index contributed by atoms with van der Waals surface area (Å²) in [4.78, 5) is 11.5. The second kappa shape index (κ2) is 6.49. The first-order valence-corrected chi connectivity index (χ1v) is 6.17. The average molecular weight is 296 g/mol. The third kappa shape index (κ3) is 6.66. The molecule has 0 bridgehead atoms. The summed E-state index contributed by atoms with van der Waals surface area (Å²) in [5.74, 6) is 3.28. The van der Waals surface area contributed by atoms with Crippen LogP contribution in [0.25, 0.3) is 0 Å². The molecule has 0 aliphatic carbocycles. The summed E-state index contributed by atoms with van der Waals surface area (Å²) in [6.07, 6.45) is -4.33. The van der Waals surface area contributed by atoms with Crippen molar-refractivity contribution in [1.82, 2.24) is 0 Å². The van der Waals surface area contributed by atoms with Crippen molar-refractivity contribution < 1.29 is 22.7 Å². The molecule has 1 aromatic rings. The van der Waals surface area contributed by atoms with Gasteiger partial charge in [-0.1, -0.05) is 30.0 Å². The van der Waals surface area contributed by atoms with Crippen molar-refractivity contribution in [2.75, 3.05) is 0 Å². The van der Waals surface area contributed by atoms with Crippen molar-refractivity contribution in [3.05, 3.63) is 47.5 Å². The van der Waals surface area contributed by atoms with Gasteiger partial charge in [0.15, 0.2) is 0 Å². The second-order valence-corrected chi connectivity index (χ2v) is 5.21. The van der Waals surface area contributed by atoms with E-state index < -0.39 is 23.3 Å². The number of hydrogen-bond donors (Lipinski definition) is 0. The Morgan fingerprint density at radius 1 is 1.14 bits per heavy atom. The summed E-state index contributed by atoms with van der Waals surface area (Å²) < 4.78 is 43.3. The molecular formula is C16H15F3O2. The molecule has 0 saturated carbocycles. The Labute approximate surface area is 121 Å². The topological polar surface area (TPSA) is 26.3 Å². The van der Waals surface area contributed by atoms with E-state index in [2.05, 4.69) is 5.92 Å². The maximum Gasteiger partial charge on any atom is 0.424 e. The molecule has 0 saturated heterocycles. The number of carbonyl (C=O) groups is 1. The number of hydrogen-bond acceptors (Lipinski definition) is 2. The number of rotatable bonds is 1. The van der Waals surface area contributed by atoms with Gasteiger partial charge < -0.3 is 4.74 Å². The van der Waals surface area contributed by atoms with Gasteiger partial charge in [0.05, 0.1) is 0 Å². The van der Waals surface area contributed by atoms with Crippen LogP contribution in [0.3, 0.4) is 0 Å². The van der Waals surface area contributed by atoms with Crippen LogP contribution in [0.15, 0.2) is 42.0 Å². The van der Waals surface area contributed by atoms with E-state index in [0.717, 1.165) is 0 Å². The van der Waals surface area contributed by atoms with Crippen LogP contribution in [0.2, 0.25) is 0 Å². The Bertz CT molecular complexity index is 582. The first kappa shape index (κ1) is 16.8. The van der Waals surface area contributed by atoms with Crippen LogP contribution in [-0.4, -0.2) is 17.7 Å². The molecule has 1 rings (SSSR count). The number of esters is 1. The first-order chi connectivity index (χ1) is 9.58. The van der Waals surface area contributed by atoms with E-state index in [1.165, 1.54) is 0 Å². The Hall–Kier alpha value is -2.22. The lowest BCUT2D eigenvalue weighted by Crippen LogP contribution is -2.23. The molecular weight excluding hydrogens is 281 g/mol. The van der Waals surface area contributed by atoms with E-state index in [4.69, 9.17) is 4.74 Å². The fourth-order valence-electron chi connectivity index (χ4n) is 1.30. The first-order valence-electron chi connectivity index (χ1n) is 6.17. The zero-order valence-corrected chi connectivity index (χ0v) is 11.9. The van der Waals surface area contributed by atoms with E-state index in [1.54, 1.807) is 51.1 Å². The number of alkyl halides is 3. The Morgan fingerprint density at radius 3 is 2.19 bits per heavy atom. The van der Waals surface area contributed by atoms with Crippen LogP contribution in [-0.2, 0) is 9.53 Å². The maximum absolute atomic E-state index is 12.8. The number of halogens is 3. The third-order valence-corrected chi connectivity index (χ3v) is 2.09. The van der Waals surface area contributed by atoms with Gasteiger partial charge in [-0.3, -0.25) is 0 Å². The molecule has 0 aromatic heterocycles. The Balaban J connectivity index is 3.03. The second-order valence-electron chi connectivity index (χ2n) is 5.21. The zero-order chi connectivity index (χ0) is 16.1. The highest BCUT2D eigenvalue weighted by atomic mass is 19.4. The normalized spacial score (nSPS) is 12.4. The van der Waals surface area contributed by atoms with Crippen LogP contribution >= 0.6 is 0 Å². The van der Waals surface area contributed by atoms with Gasteiger partial charge in [0.1, 0.15) is 11.2 Å². The zero-order valence-electron chi connectivity index (χ0n) is 11.9. The van der Waals surface area contributed by atoms with Crippen LogP contribution in [0, 0.1) is 11.8 Å². The summed E-state index contributed by atoms with van der Waals surface area (Å²) >= 11 is 0. The van der Waals surface area contributed by atoms with Gasteiger partial charge in [-0.2, -0.15) is 13.2 Å². The molecule has 0 radical (unpaired) electrons. The van der Waals surface area contributed by atoms with Crippen molar-refractivity contribution >= 4 is 5.97 Å². The number of ether oxygens (including phenoxy) is 1. The van der Waals surface area contributed by atoms with E-state index in [0.29, 0.717) is 11.6 Å². The molecule has 1 aromatic carbocycles. The number of allylic oxidation sites excluding steroid dienone is 1. The van der Waals surface area contributed by atoms with Gasteiger partial charge in [-0.25, -0.2) is 4.79 Å². The fraction of sp³-hybridized carbons (Fsp3) is 0.312. The molecule has 0 N–H and O–H groups in total. The summed E-state index contributed by atoms with van der Waals surface area (Å²) in [5, 5.41) is 0. The van der Waals surface area contributed by atoms with Crippen molar-refractivity contribution in [2.24, 2.45) is 0 Å². The SMILES string of the molecule is CC(C)(C)OC(=O)/C=C(/C#Cc1ccccc1)C(F)(F)F. The van der Waals surface area contributed by atoms with Crippen molar-refractivity contribution in [3.63, 3.8) is 0 Å². The predicted octanol–water partition coefficient (Wildman–Crippen LogP) is 3.87. The standard InChI is InChI=1S/C16H15F3O2/c1-15(2,3)21-14(20)11-13(16(17,18)19)10-9-12-7-5-4-6-8-12/h4-8,11H,1-3H3/b13-11-. The monoisotopic (exact) mass is 296 g/mol. The minimum Gasteiger partial charge on any atom is -0.457 e. The lowest BCUT2D eigenvalue weighted by molar-refractivity contribution is -0.149. The molecule has 21 heavy (non-hydrogen) atoms. The summed E-state index contributed by atoms with van der Waals surface area (Å²) in [7, 11) is 0. The maximum atomic E-state index is 12.8. The Morgan fingerprint density at radius 2 is 1.71 bits per heavy atom. The minimum absolute atomic E-state index is 0.376. The van der Waals surface area contributed by atoms with Gasteiger partial charge in [-0.05, 0) is 32.9 Å². The molecule has 0 heterocycles. The van der Waals surface area contributed by atoms with Crippen molar-refractivity contribution in [2.45, 2.75) is 32.5 Å². The highest BCUT2D eigenvalue weighted by molar-refractivity contribution is 5.84. The van der Waals surface area contributed by atoms with Crippen LogP contribution < -0.4 is 0 Å². The van der Waals surface area contributed by atoms with E-state index >= 15 is 0 Å². The molecule has 0 unspecified atom stereocenters. The summed E-state index contributed by atoms with van der Waals surface area (Å²) in [6.45, 7) is 4.71. The largest absolute Gasteiger partial charge is 0.457 e. The smallest absolute Gasteiger partial charge is 0.424 e. The number of benzene rings is 1. The van der Waals surface area contributed by atoms with Gasteiger partial charge in [-0.15, -0.1) is 0 Å². The molecule has 0 atom stereocenters. The molecule has 112 valence electrons. The molecule has 0 aliphatic rings. The quantitative estimate of drug-likeness (QED) is 0.447. The molecule has 0 fully saturated rings. The number of carbonyl (C=O) groups excluding carboxylic acids is 1. The predicted molar refractivity (Wildman–Crippen MR) is 73.3 cm³/mol. The van der Waals surface area contributed by atoms with Crippen molar-refractivity contribution in [3.8, 4) is 11.8 Å². The summed E-state index contributed by atoms with van der Waals surface area (Å²) in [6, 6.07) is 8.21. The third-order valence-electron chi connectivity index (χ3n) is 2.09. The molecule has 5 heteroatoms. The average Bonchev–Trinajstić information content (AvgIpc) is 2.32. The van der Waals surface area contributed by atoms with E-state index in [9.17, 15) is 18.0 Å². The highest BCUT2D eigenvalue weighted by Crippen LogP contribution is 2.25. The van der Waals surface area contributed by atoms with Crippen molar-refractivity contribution in [1.29, 1.82) is 0 Å². The highest BCUT2D eigenvalue weighted by Gasteiger charge is 2.34. The van der Waals surface area contributed by atoms with Gasteiger partial charge in [0.2, 0.25) is 0 Å². The molecule has 0 amide bonds. The van der Waals surface area contributed by atoms with Crippen LogP contribution in [0.4, 0.5) is 13.2 Å². The van der Waals surface area contributed by atoms with E-state index in [1.807, 2.05) is 5.92 Å². The van der Waals surface area contributed by atoms with Gasteiger partial charge in [0.25, 0.3) is 0 Å². The van der Waals surface area contributed by atoms with Crippen LogP contribution in [0.1, 0.15) is 26.3 Å². The van der Waals surface area contributed by atoms with Gasteiger partial charge >= 0.3 is 12.1 Å². The fourth-order valence-corrected chi connectivity index (χ4v) is 1.30. The Kier molecular flexibility index (Phi) is 5.20.